The Balaban J connectivity index is 2.51. The largest absolute Gasteiger partial charge is 0.411 e. The Kier molecular flexibility index (Phi) is 1.57. The summed E-state index contributed by atoms with van der Waals surface area (Å²) in [5, 5.41) is 22.1. The Labute approximate surface area is 78.4 Å². The molecule has 2 rings (SSSR count). The molecule has 2 saturated carbocycles. The van der Waals surface area contributed by atoms with Crippen molar-refractivity contribution in [1.29, 1.82) is 0 Å². The maximum absolute atomic E-state index is 9.98. The molecule has 2 N–H and O–H groups in total. The molecule has 0 heterocycles. The summed E-state index contributed by atoms with van der Waals surface area (Å²) < 4.78 is 0. The Morgan fingerprint density at radius 2 is 2.00 bits per heavy atom. The minimum atomic E-state index is -0.550. The Morgan fingerprint density at radius 1 is 1.38 bits per heavy atom. The fourth-order valence-electron chi connectivity index (χ4n) is 3.17. The minimum absolute atomic E-state index is 0.0635. The van der Waals surface area contributed by atoms with Crippen LogP contribution in [0.3, 0.4) is 0 Å². The maximum Gasteiger partial charge on any atom is 0.102 e. The van der Waals surface area contributed by atoms with E-state index < -0.39 is 6.10 Å². The van der Waals surface area contributed by atoms with Gasteiger partial charge in [0.15, 0.2) is 0 Å². The van der Waals surface area contributed by atoms with E-state index in [1.807, 2.05) is 0 Å². The molecule has 0 saturated heterocycles. The van der Waals surface area contributed by atoms with Gasteiger partial charge in [-0.3, -0.25) is 0 Å². The standard InChI is InChI=1S/C10H17NO2/c1-9(2)6-4-5-10(9,3)8(12)7(6)11-13/h6,8,12-13H,4-5H2,1-3H3/b11-7-/t6?,8-,10?/m0/s1. The van der Waals surface area contributed by atoms with Gasteiger partial charge in [-0.15, -0.1) is 0 Å². The average Bonchev–Trinajstić information content (AvgIpc) is 2.36. The van der Waals surface area contributed by atoms with Crippen molar-refractivity contribution in [2.45, 2.75) is 39.7 Å². The molecule has 2 unspecified atom stereocenters. The zero-order valence-corrected chi connectivity index (χ0v) is 8.41. The van der Waals surface area contributed by atoms with Crippen LogP contribution < -0.4 is 0 Å². The van der Waals surface area contributed by atoms with Crippen LogP contribution >= 0.6 is 0 Å². The lowest BCUT2D eigenvalue weighted by Crippen LogP contribution is -2.37. The molecule has 0 aromatic carbocycles. The number of nitrogens with zero attached hydrogens (tertiary/aromatic N) is 1. The molecule has 0 aromatic heterocycles. The van der Waals surface area contributed by atoms with E-state index in [-0.39, 0.29) is 16.7 Å². The first kappa shape index (κ1) is 9.00. The summed E-state index contributed by atoms with van der Waals surface area (Å²) in [6.45, 7) is 6.41. The number of aliphatic hydroxyl groups excluding tert-OH is 1. The molecule has 0 spiro atoms. The quantitative estimate of drug-likeness (QED) is 0.443. The lowest BCUT2D eigenvalue weighted by atomic mass is 9.70. The molecule has 0 radical (unpaired) electrons. The Morgan fingerprint density at radius 3 is 2.31 bits per heavy atom. The second-order valence-corrected chi connectivity index (χ2v) is 5.16. The monoisotopic (exact) mass is 183 g/mol. The normalized spacial score (nSPS) is 50.3. The summed E-state index contributed by atoms with van der Waals surface area (Å²) in [4.78, 5) is 0. The van der Waals surface area contributed by atoms with E-state index in [0.717, 1.165) is 12.8 Å². The van der Waals surface area contributed by atoms with Crippen molar-refractivity contribution in [3.05, 3.63) is 0 Å². The molecule has 3 nitrogen and oxygen atoms in total. The van der Waals surface area contributed by atoms with Crippen LogP contribution in [0.1, 0.15) is 33.6 Å². The fourth-order valence-corrected chi connectivity index (χ4v) is 3.17. The van der Waals surface area contributed by atoms with Crippen LogP contribution in [-0.2, 0) is 0 Å². The van der Waals surface area contributed by atoms with E-state index in [4.69, 9.17) is 5.21 Å². The first-order valence-corrected chi connectivity index (χ1v) is 4.85. The number of oxime groups is 1. The summed E-state index contributed by atoms with van der Waals surface area (Å²) in [5.74, 6) is 0.262. The third-order valence-electron chi connectivity index (χ3n) is 4.65. The van der Waals surface area contributed by atoms with E-state index in [1.165, 1.54) is 0 Å². The van der Waals surface area contributed by atoms with Crippen LogP contribution in [0, 0.1) is 16.7 Å². The van der Waals surface area contributed by atoms with Gasteiger partial charge in [0.05, 0.1) is 5.71 Å². The molecule has 74 valence electrons. The summed E-state index contributed by atoms with van der Waals surface area (Å²) in [7, 11) is 0. The topological polar surface area (TPSA) is 52.8 Å². The molecule has 2 aliphatic rings. The van der Waals surface area contributed by atoms with E-state index in [2.05, 4.69) is 25.9 Å². The van der Waals surface area contributed by atoms with Gasteiger partial charge in [0, 0.05) is 11.3 Å². The molecule has 3 atom stereocenters. The van der Waals surface area contributed by atoms with Crippen molar-refractivity contribution in [3.8, 4) is 0 Å². The van der Waals surface area contributed by atoms with Crippen molar-refractivity contribution < 1.29 is 10.3 Å². The summed E-state index contributed by atoms with van der Waals surface area (Å²) in [6.07, 6.45) is 1.52. The number of aliphatic hydroxyl groups is 1. The minimum Gasteiger partial charge on any atom is -0.411 e. The van der Waals surface area contributed by atoms with Gasteiger partial charge in [-0.25, -0.2) is 0 Å². The third kappa shape index (κ3) is 0.766. The van der Waals surface area contributed by atoms with E-state index in [9.17, 15) is 5.11 Å². The van der Waals surface area contributed by atoms with Gasteiger partial charge in [-0.05, 0) is 18.3 Å². The van der Waals surface area contributed by atoms with E-state index in [0.29, 0.717) is 5.71 Å². The maximum atomic E-state index is 9.98. The Bertz CT molecular complexity index is 272. The fraction of sp³-hybridized carbons (Fsp3) is 0.900. The SMILES string of the molecule is CC1(C)C2CCC1(C)[C@@H](O)/C2=N\O. The smallest absolute Gasteiger partial charge is 0.102 e. The van der Waals surface area contributed by atoms with Crippen molar-refractivity contribution in [3.63, 3.8) is 0 Å². The van der Waals surface area contributed by atoms with Crippen molar-refractivity contribution in [2.75, 3.05) is 0 Å². The lowest BCUT2D eigenvalue weighted by Gasteiger charge is -2.35. The molecule has 3 heteroatoms. The molecule has 0 aliphatic heterocycles. The van der Waals surface area contributed by atoms with Crippen molar-refractivity contribution in [1.82, 2.24) is 0 Å². The van der Waals surface area contributed by atoms with Gasteiger partial charge in [-0.2, -0.15) is 0 Å². The molecular formula is C10H17NO2. The summed E-state index contributed by atoms with van der Waals surface area (Å²) >= 11 is 0. The van der Waals surface area contributed by atoms with Gasteiger partial charge in [0.2, 0.25) is 0 Å². The van der Waals surface area contributed by atoms with Gasteiger partial charge >= 0.3 is 0 Å². The number of hydrogen-bond acceptors (Lipinski definition) is 3. The van der Waals surface area contributed by atoms with Gasteiger partial charge in [0.25, 0.3) is 0 Å². The summed E-state index contributed by atoms with van der Waals surface area (Å²) in [6, 6.07) is 0. The van der Waals surface area contributed by atoms with Gasteiger partial charge in [0.1, 0.15) is 6.10 Å². The van der Waals surface area contributed by atoms with Crippen LogP contribution in [0.2, 0.25) is 0 Å². The predicted molar refractivity (Wildman–Crippen MR) is 49.8 cm³/mol. The Hall–Kier alpha value is -0.570. The molecule has 0 aromatic rings. The van der Waals surface area contributed by atoms with Gasteiger partial charge < -0.3 is 10.3 Å². The predicted octanol–water partition coefficient (Wildman–Crippen LogP) is 1.63. The number of fused-ring (bicyclic) bond motifs is 2. The average molecular weight is 183 g/mol. The van der Waals surface area contributed by atoms with Crippen LogP contribution in [0.15, 0.2) is 5.16 Å². The summed E-state index contributed by atoms with van der Waals surface area (Å²) in [5.41, 5.74) is 0.562. The van der Waals surface area contributed by atoms with E-state index >= 15 is 0 Å². The van der Waals surface area contributed by atoms with Crippen molar-refractivity contribution in [2.24, 2.45) is 21.9 Å². The van der Waals surface area contributed by atoms with Crippen LogP contribution in [-0.4, -0.2) is 22.1 Å². The lowest BCUT2D eigenvalue weighted by molar-refractivity contribution is 0.0332. The van der Waals surface area contributed by atoms with Crippen molar-refractivity contribution >= 4 is 5.71 Å². The van der Waals surface area contributed by atoms with E-state index in [1.54, 1.807) is 0 Å². The van der Waals surface area contributed by atoms with Gasteiger partial charge in [-0.1, -0.05) is 25.9 Å². The second-order valence-electron chi connectivity index (χ2n) is 5.16. The van der Waals surface area contributed by atoms with Crippen LogP contribution in [0.5, 0.6) is 0 Å². The zero-order valence-electron chi connectivity index (χ0n) is 8.41. The molecule has 2 fully saturated rings. The van der Waals surface area contributed by atoms with Crippen LogP contribution in [0.4, 0.5) is 0 Å². The highest BCUT2D eigenvalue weighted by molar-refractivity contribution is 5.95. The molecule has 0 amide bonds. The highest BCUT2D eigenvalue weighted by atomic mass is 16.4. The highest BCUT2D eigenvalue weighted by Gasteiger charge is 2.64. The third-order valence-corrected chi connectivity index (χ3v) is 4.65. The second kappa shape index (κ2) is 2.27. The van der Waals surface area contributed by atoms with Crippen LogP contribution in [0.25, 0.3) is 0 Å². The molecule has 2 aliphatic carbocycles. The molecule has 13 heavy (non-hydrogen) atoms. The first-order valence-electron chi connectivity index (χ1n) is 4.85. The number of hydrogen-bond donors (Lipinski definition) is 2. The molecular weight excluding hydrogens is 166 g/mol. The number of rotatable bonds is 0. The highest BCUT2D eigenvalue weighted by Crippen LogP contribution is 2.64. The first-order chi connectivity index (χ1) is 5.95. The zero-order chi connectivity index (χ0) is 9.85. The molecule has 2 bridgehead atoms.